The summed E-state index contributed by atoms with van der Waals surface area (Å²) in [7, 11) is 0. The lowest BCUT2D eigenvalue weighted by Crippen LogP contribution is -2.20. The van der Waals surface area contributed by atoms with E-state index >= 15 is 0 Å². The topological polar surface area (TPSA) is 47.3 Å². The van der Waals surface area contributed by atoms with E-state index in [0.717, 1.165) is 51.0 Å². The maximum absolute atomic E-state index is 9.98. The Hall–Kier alpha value is -1.65. The summed E-state index contributed by atoms with van der Waals surface area (Å²) in [5.74, 6) is 0.498. The first-order valence-corrected chi connectivity index (χ1v) is 9.88. The molecule has 26 heavy (non-hydrogen) atoms. The Kier molecular flexibility index (Phi) is 6.15. The molecule has 0 bridgehead atoms. The predicted molar refractivity (Wildman–Crippen MR) is 105 cm³/mol. The Morgan fingerprint density at radius 3 is 2.58 bits per heavy atom. The van der Waals surface area contributed by atoms with Gasteiger partial charge in [-0.2, -0.15) is 0 Å². The summed E-state index contributed by atoms with van der Waals surface area (Å²) in [5.41, 5.74) is 3.08. The number of aromatic nitrogens is 2. The molecule has 1 aliphatic rings. The molecule has 2 heterocycles. The summed E-state index contributed by atoms with van der Waals surface area (Å²) >= 11 is 0. The second-order valence-electron chi connectivity index (χ2n) is 8.19. The van der Waals surface area contributed by atoms with Crippen LogP contribution < -0.4 is 0 Å². The molecule has 4 heteroatoms. The molecule has 4 nitrogen and oxygen atoms in total. The third kappa shape index (κ3) is 4.74. The molecule has 1 N–H and O–H groups in total. The monoisotopic (exact) mass is 356 g/mol. The van der Waals surface area contributed by atoms with Crippen LogP contribution in [-0.2, 0) is 4.74 Å². The van der Waals surface area contributed by atoms with Crippen LogP contribution in [0, 0.1) is 0 Å². The molecular formula is C22H32N2O2. The Labute approximate surface area is 157 Å². The number of hydrogen-bond acceptors (Lipinski definition) is 3. The zero-order chi connectivity index (χ0) is 18.6. The highest BCUT2D eigenvalue weighted by molar-refractivity contribution is 5.62. The molecule has 1 atom stereocenters. The molecule has 1 aliphatic heterocycles. The number of benzene rings is 1. The van der Waals surface area contributed by atoms with Gasteiger partial charge in [-0.05, 0) is 52.9 Å². The van der Waals surface area contributed by atoms with Crippen LogP contribution in [0.4, 0.5) is 0 Å². The van der Waals surface area contributed by atoms with E-state index < -0.39 is 5.60 Å². The largest absolute Gasteiger partial charge is 0.390 e. The van der Waals surface area contributed by atoms with E-state index in [4.69, 9.17) is 9.72 Å². The lowest BCUT2D eigenvalue weighted by molar-refractivity contribution is 0.0669. The van der Waals surface area contributed by atoms with E-state index in [0.29, 0.717) is 12.0 Å². The summed E-state index contributed by atoms with van der Waals surface area (Å²) in [6, 6.07) is 10.9. The van der Waals surface area contributed by atoms with Gasteiger partial charge in [0.05, 0.1) is 17.6 Å². The molecule has 1 aromatic heterocycles. The summed E-state index contributed by atoms with van der Waals surface area (Å²) in [4.78, 5) is 4.81. The number of hydrogen-bond donors (Lipinski definition) is 1. The fourth-order valence-electron chi connectivity index (χ4n) is 3.88. The average molecular weight is 357 g/mol. The van der Waals surface area contributed by atoms with Gasteiger partial charge < -0.3 is 14.4 Å². The first-order valence-electron chi connectivity index (χ1n) is 9.88. The maximum Gasteiger partial charge on any atom is 0.0958 e. The smallest absolute Gasteiger partial charge is 0.0958 e. The predicted octanol–water partition coefficient (Wildman–Crippen LogP) is 4.95. The number of nitrogens with zero attached hydrogens (tertiary/aromatic N) is 2. The molecule has 142 valence electrons. The van der Waals surface area contributed by atoms with E-state index in [9.17, 15) is 5.11 Å². The van der Waals surface area contributed by atoms with E-state index in [1.807, 2.05) is 26.2 Å². The van der Waals surface area contributed by atoms with Gasteiger partial charge in [0.25, 0.3) is 0 Å². The maximum atomic E-state index is 9.98. The van der Waals surface area contributed by atoms with Crippen LogP contribution in [0.25, 0.3) is 11.3 Å². The van der Waals surface area contributed by atoms with Crippen LogP contribution in [0.5, 0.6) is 0 Å². The van der Waals surface area contributed by atoms with Crippen molar-refractivity contribution >= 4 is 0 Å². The Morgan fingerprint density at radius 2 is 1.92 bits per heavy atom. The molecule has 1 aromatic carbocycles. The molecule has 0 aliphatic carbocycles. The van der Waals surface area contributed by atoms with Gasteiger partial charge in [-0.1, -0.05) is 30.3 Å². The molecule has 0 saturated carbocycles. The molecule has 0 spiro atoms. The van der Waals surface area contributed by atoms with E-state index in [-0.39, 0.29) is 0 Å². The lowest BCUT2D eigenvalue weighted by atomic mass is 9.92. The summed E-state index contributed by atoms with van der Waals surface area (Å²) in [5, 5.41) is 9.98. The average Bonchev–Trinajstić information content (AvgIpc) is 3.07. The first-order chi connectivity index (χ1) is 12.5. The standard InChI is InChI=1S/C22H32N2O2/c1-17(8-7-13-22(2,3)25)24-16-23-20(18-9-5-4-6-10-18)21(24)19-11-14-26-15-12-19/h4-6,9-10,16-17,19,25H,7-8,11-15H2,1-3H3. The van der Waals surface area contributed by atoms with Crippen molar-refractivity contribution in [1.29, 1.82) is 0 Å². The van der Waals surface area contributed by atoms with Gasteiger partial charge in [0.2, 0.25) is 0 Å². The van der Waals surface area contributed by atoms with Gasteiger partial charge in [0.1, 0.15) is 0 Å². The highest BCUT2D eigenvalue weighted by Gasteiger charge is 2.26. The molecule has 0 radical (unpaired) electrons. The van der Waals surface area contributed by atoms with Gasteiger partial charge in [-0.15, -0.1) is 0 Å². The number of aliphatic hydroxyl groups is 1. The fourth-order valence-corrected chi connectivity index (χ4v) is 3.88. The van der Waals surface area contributed by atoms with Gasteiger partial charge >= 0.3 is 0 Å². The van der Waals surface area contributed by atoms with E-state index in [1.165, 1.54) is 11.3 Å². The highest BCUT2D eigenvalue weighted by atomic mass is 16.5. The zero-order valence-corrected chi connectivity index (χ0v) is 16.3. The quantitative estimate of drug-likeness (QED) is 0.764. The lowest BCUT2D eigenvalue weighted by Gasteiger charge is -2.27. The minimum absolute atomic E-state index is 0.375. The van der Waals surface area contributed by atoms with Crippen molar-refractivity contribution in [2.24, 2.45) is 0 Å². The Bertz CT molecular complexity index is 682. The van der Waals surface area contributed by atoms with Crippen LogP contribution in [0.15, 0.2) is 36.7 Å². The number of imidazole rings is 1. The van der Waals surface area contributed by atoms with Crippen molar-refractivity contribution in [2.45, 2.75) is 70.4 Å². The first kappa shape index (κ1) is 19.1. The molecule has 0 amide bonds. The number of ether oxygens (including phenoxy) is 1. The van der Waals surface area contributed by atoms with Crippen LogP contribution in [-0.4, -0.2) is 33.5 Å². The zero-order valence-electron chi connectivity index (χ0n) is 16.3. The van der Waals surface area contributed by atoms with E-state index in [2.05, 4.69) is 35.8 Å². The molecular weight excluding hydrogens is 324 g/mol. The Balaban J connectivity index is 1.86. The minimum Gasteiger partial charge on any atom is -0.390 e. The van der Waals surface area contributed by atoms with Crippen molar-refractivity contribution < 1.29 is 9.84 Å². The Morgan fingerprint density at radius 1 is 1.23 bits per heavy atom. The molecule has 1 unspecified atom stereocenters. The summed E-state index contributed by atoms with van der Waals surface area (Å²) in [6.07, 6.45) is 7.01. The van der Waals surface area contributed by atoms with Crippen molar-refractivity contribution in [1.82, 2.24) is 9.55 Å². The summed E-state index contributed by atoms with van der Waals surface area (Å²) in [6.45, 7) is 7.70. The normalized spacial score (nSPS) is 17.4. The highest BCUT2D eigenvalue weighted by Crippen LogP contribution is 2.36. The van der Waals surface area contributed by atoms with Crippen molar-refractivity contribution in [3.63, 3.8) is 0 Å². The van der Waals surface area contributed by atoms with Crippen LogP contribution in [0.1, 0.15) is 70.5 Å². The molecule has 3 rings (SSSR count). The van der Waals surface area contributed by atoms with Crippen LogP contribution in [0.3, 0.4) is 0 Å². The van der Waals surface area contributed by atoms with Crippen LogP contribution >= 0.6 is 0 Å². The van der Waals surface area contributed by atoms with Gasteiger partial charge in [-0.25, -0.2) is 4.98 Å². The van der Waals surface area contributed by atoms with Crippen molar-refractivity contribution in [3.05, 3.63) is 42.4 Å². The molecule has 1 saturated heterocycles. The summed E-state index contributed by atoms with van der Waals surface area (Å²) < 4.78 is 7.97. The third-order valence-electron chi connectivity index (χ3n) is 5.37. The SMILES string of the molecule is CC(CCCC(C)(C)O)n1cnc(-c2ccccc2)c1C1CCOCC1. The van der Waals surface area contributed by atoms with Crippen molar-refractivity contribution in [3.8, 4) is 11.3 Å². The fraction of sp³-hybridized carbons (Fsp3) is 0.591. The van der Waals surface area contributed by atoms with Gasteiger partial charge in [0.15, 0.2) is 0 Å². The number of rotatable bonds is 7. The second-order valence-corrected chi connectivity index (χ2v) is 8.19. The van der Waals surface area contributed by atoms with Gasteiger partial charge in [0, 0.05) is 36.4 Å². The van der Waals surface area contributed by atoms with Gasteiger partial charge in [-0.3, -0.25) is 0 Å². The van der Waals surface area contributed by atoms with Crippen molar-refractivity contribution in [2.75, 3.05) is 13.2 Å². The minimum atomic E-state index is -0.590. The van der Waals surface area contributed by atoms with E-state index in [1.54, 1.807) is 0 Å². The third-order valence-corrected chi connectivity index (χ3v) is 5.37. The second kappa shape index (κ2) is 8.36. The molecule has 1 fully saturated rings. The molecule has 2 aromatic rings. The van der Waals surface area contributed by atoms with Crippen LogP contribution in [0.2, 0.25) is 0 Å².